The molecule has 0 unspecified atom stereocenters. The maximum absolute atomic E-state index is 14.4. The largest absolute Gasteiger partial charge is 0.497 e. The van der Waals surface area contributed by atoms with Gasteiger partial charge >= 0.3 is 0 Å². The number of nitrogens with zero attached hydrogens (tertiary/aromatic N) is 3. The number of thioether (sulfide) groups is 1. The fourth-order valence-corrected chi connectivity index (χ4v) is 6.34. The first-order chi connectivity index (χ1) is 16.5. The van der Waals surface area contributed by atoms with E-state index in [-0.39, 0.29) is 16.9 Å². The number of fused-ring (bicyclic) bond motifs is 3. The topological polar surface area (TPSA) is 74.1 Å². The van der Waals surface area contributed by atoms with Crippen molar-refractivity contribution in [1.29, 1.82) is 0 Å². The maximum atomic E-state index is 14.4. The number of ketones is 1. The van der Waals surface area contributed by atoms with Crippen LogP contribution in [0.4, 0.5) is 4.39 Å². The van der Waals surface area contributed by atoms with Gasteiger partial charge in [0.05, 0.1) is 28.8 Å². The second kappa shape index (κ2) is 9.48. The van der Waals surface area contributed by atoms with Crippen molar-refractivity contribution >= 4 is 50.7 Å². The van der Waals surface area contributed by atoms with Gasteiger partial charge in [-0.15, -0.1) is 11.3 Å². The van der Waals surface area contributed by atoms with Crippen molar-refractivity contribution in [2.24, 2.45) is 0 Å². The number of aryl methyl sites for hydroxylation is 2. The summed E-state index contributed by atoms with van der Waals surface area (Å²) in [6, 6.07) is 7.40. The van der Waals surface area contributed by atoms with Crippen LogP contribution in [0.15, 0.2) is 46.5 Å². The van der Waals surface area contributed by atoms with Crippen LogP contribution in [0.25, 0.3) is 16.0 Å². The highest BCUT2D eigenvalue weighted by Gasteiger charge is 2.24. The van der Waals surface area contributed by atoms with Crippen LogP contribution in [0.1, 0.15) is 33.6 Å². The predicted molar refractivity (Wildman–Crippen MR) is 133 cm³/mol. The van der Waals surface area contributed by atoms with E-state index in [1.165, 1.54) is 52.3 Å². The monoisotopic (exact) mass is 515 g/mol. The average Bonchev–Trinajstić information content (AvgIpc) is 3.22. The molecule has 0 atom stereocenters. The Bertz CT molecular complexity index is 1470. The van der Waals surface area contributed by atoms with Crippen molar-refractivity contribution in [3.63, 3.8) is 0 Å². The van der Waals surface area contributed by atoms with E-state index in [9.17, 15) is 14.0 Å². The van der Waals surface area contributed by atoms with E-state index in [1.807, 2.05) is 0 Å². The van der Waals surface area contributed by atoms with E-state index in [4.69, 9.17) is 21.3 Å². The standard InChI is InChI=1S/C24H19ClFN3O3S2/c1-32-14-7-8-15(17(26)10-14)18(30)12-33-24-28-22-21(16-4-2-3-5-19(16)34-22)23(31)29(24)20-9-6-13(25)11-27-20/h6-11H,2-5,12H2,1H3. The van der Waals surface area contributed by atoms with E-state index in [0.29, 0.717) is 32.0 Å². The van der Waals surface area contributed by atoms with Crippen LogP contribution in [0, 0.1) is 5.82 Å². The van der Waals surface area contributed by atoms with E-state index in [2.05, 4.69) is 4.98 Å². The molecule has 0 spiro atoms. The highest BCUT2D eigenvalue weighted by molar-refractivity contribution is 7.99. The molecule has 0 radical (unpaired) electrons. The summed E-state index contributed by atoms with van der Waals surface area (Å²) in [7, 11) is 1.43. The van der Waals surface area contributed by atoms with Gasteiger partial charge in [-0.05, 0) is 55.5 Å². The van der Waals surface area contributed by atoms with E-state index < -0.39 is 11.6 Å². The van der Waals surface area contributed by atoms with Crippen molar-refractivity contribution in [2.75, 3.05) is 12.9 Å². The fourth-order valence-electron chi connectivity index (χ4n) is 4.04. The summed E-state index contributed by atoms with van der Waals surface area (Å²) in [5.74, 6) is -0.472. The lowest BCUT2D eigenvalue weighted by molar-refractivity contribution is 0.101. The predicted octanol–water partition coefficient (Wildman–Crippen LogP) is 5.50. The van der Waals surface area contributed by atoms with Crippen molar-refractivity contribution < 1.29 is 13.9 Å². The molecule has 3 aromatic heterocycles. The molecule has 10 heteroatoms. The molecule has 6 nitrogen and oxygen atoms in total. The summed E-state index contributed by atoms with van der Waals surface area (Å²) >= 11 is 8.61. The summed E-state index contributed by atoms with van der Waals surface area (Å²) < 4.78 is 20.8. The molecule has 174 valence electrons. The Kier molecular flexibility index (Phi) is 6.42. The molecule has 3 heterocycles. The van der Waals surface area contributed by atoms with E-state index in [1.54, 1.807) is 12.1 Å². The van der Waals surface area contributed by atoms with Crippen molar-refractivity contribution in [2.45, 2.75) is 30.8 Å². The SMILES string of the molecule is COc1ccc(C(=O)CSc2nc3sc4c(c3c(=O)n2-c2ccc(Cl)cn2)CCCC4)c(F)c1. The first kappa shape index (κ1) is 23.0. The number of thiophene rings is 1. The zero-order chi connectivity index (χ0) is 23.8. The number of hydrogen-bond acceptors (Lipinski definition) is 7. The minimum atomic E-state index is -0.656. The number of Topliss-reactive ketones (excluding diaryl/α,β-unsaturated/α-hetero) is 1. The van der Waals surface area contributed by atoms with Crippen LogP contribution in [0.3, 0.4) is 0 Å². The molecule has 0 aliphatic heterocycles. The van der Waals surface area contributed by atoms with Crippen LogP contribution < -0.4 is 10.3 Å². The van der Waals surface area contributed by atoms with Crippen LogP contribution >= 0.6 is 34.7 Å². The van der Waals surface area contributed by atoms with Gasteiger partial charge in [0.15, 0.2) is 10.9 Å². The Hall–Kier alpha value is -2.75. The molecular weight excluding hydrogens is 497 g/mol. The van der Waals surface area contributed by atoms with Crippen molar-refractivity contribution in [3.8, 4) is 11.6 Å². The van der Waals surface area contributed by atoms with Gasteiger partial charge in [0.1, 0.15) is 22.2 Å². The molecule has 1 aromatic carbocycles. The number of hydrogen-bond donors (Lipinski definition) is 0. The molecule has 1 aliphatic rings. The quantitative estimate of drug-likeness (QED) is 0.192. The minimum Gasteiger partial charge on any atom is -0.497 e. The maximum Gasteiger partial charge on any atom is 0.269 e. The Labute approximate surface area is 207 Å². The lowest BCUT2D eigenvalue weighted by atomic mass is 9.97. The van der Waals surface area contributed by atoms with Gasteiger partial charge in [0.2, 0.25) is 0 Å². The summed E-state index contributed by atoms with van der Waals surface area (Å²) in [4.78, 5) is 37.4. The summed E-state index contributed by atoms with van der Waals surface area (Å²) in [5.41, 5.74) is 0.809. The molecule has 0 amide bonds. The molecule has 0 N–H and O–H groups in total. The average molecular weight is 516 g/mol. The van der Waals surface area contributed by atoms with Crippen LogP contribution in [-0.4, -0.2) is 33.2 Å². The molecule has 1 aliphatic carbocycles. The lowest BCUT2D eigenvalue weighted by Crippen LogP contribution is -2.23. The van der Waals surface area contributed by atoms with Gasteiger partial charge in [0.25, 0.3) is 5.56 Å². The smallest absolute Gasteiger partial charge is 0.269 e. The Morgan fingerprint density at radius 2 is 2.09 bits per heavy atom. The second-order valence-electron chi connectivity index (χ2n) is 7.82. The second-order valence-corrected chi connectivity index (χ2v) is 10.3. The highest BCUT2D eigenvalue weighted by atomic mass is 35.5. The van der Waals surface area contributed by atoms with Gasteiger partial charge in [-0.1, -0.05) is 23.4 Å². The third-order valence-corrected chi connectivity index (χ3v) is 8.06. The van der Waals surface area contributed by atoms with Crippen LogP contribution in [0.5, 0.6) is 5.75 Å². The van der Waals surface area contributed by atoms with Gasteiger partial charge in [-0.25, -0.2) is 18.9 Å². The van der Waals surface area contributed by atoms with Crippen LogP contribution in [0.2, 0.25) is 5.02 Å². The number of methoxy groups -OCH3 is 1. The van der Waals surface area contributed by atoms with Crippen molar-refractivity contribution in [1.82, 2.24) is 14.5 Å². The lowest BCUT2D eigenvalue weighted by Gasteiger charge is -2.13. The Morgan fingerprint density at radius 3 is 2.82 bits per heavy atom. The molecule has 4 aromatic rings. The molecular formula is C24H19ClFN3O3S2. The summed E-state index contributed by atoms with van der Waals surface area (Å²) in [5, 5.41) is 1.39. The number of halogens is 2. The molecule has 0 saturated carbocycles. The molecule has 0 bridgehead atoms. The van der Waals surface area contributed by atoms with Gasteiger partial charge < -0.3 is 4.74 Å². The molecule has 0 fully saturated rings. The Morgan fingerprint density at radius 1 is 1.26 bits per heavy atom. The first-order valence-electron chi connectivity index (χ1n) is 10.6. The van der Waals surface area contributed by atoms with Crippen LogP contribution in [-0.2, 0) is 12.8 Å². The van der Waals surface area contributed by atoms with E-state index >= 15 is 0 Å². The normalized spacial score (nSPS) is 13.1. The fraction of sp³-hybridized carbons (Fsp3) is 0.250. The van der Waals surface area contributed by atoms with E-state index in [0.717, 1.165) is 43.0 Å². The third-order valence-electron chi connectivity index (χ3n) is 5.71. The van der Waals surface area contributed by atoms with Gasteiger partial charge in [-0.3, -0.25) is 9.59 Å². The first-order valence-corrected chi connectivity index (χ1v) is 12.8. The van der Waals surface area contributed by atoms with Gasteiger partial charge in [-0.2, -0.15) is 0 Å². The zero-order valence-electron chi connectivity index (χ0n) is 18.1. The highest BCUT2D eigenvalue weighted by Crippen LogP contribution is 2.35. The number of carbonyl (C=O) groups is 1. The summed E-state index contributed by atoms with van der Waals surface area (Å²) in [6.07, 6.45) is 5.38. The molecule has 0 saturated heterocycles. The number of pyridine rings is 1. The van der Waals surface area contributed by atoms with Gasteiger partial charge in [0, 0.05) is 17.1 Å². The molecule has 5 rings (SSSR count). The minimum absolute atomic E-state index is 0.0421. The van der Waals surface area contributed by atoms with Crippen molar-refractivity contribution in [3.05, 3.63) is 73.7 Å². The zero-order valence-corrected chi connectivity index (χ0v) is 20.5. The number of benzene rings is 1. The Balaban J connectivity index is 1.57. The number of ether oxygens (including phenoxy) is 1. The number of carbonyl (C=O) groups excluding carboxylic acids is 1. The molecule has 34 heavy (non-hydrogen) atoms. The third kappa shape index (κ3) is 4.23. The number of rotatable bonds is 6. The summed E-state index contributed by atoms with van der Waals surface area (Å²) in [6.45, 7) is 0. The number of aromatic nitrogens is 3.